The third-order valence-electron chi connectivity index (χ3n) is 4.18. The summed E-state index contributed by atoms with van der Waals surface area (Å²) in [5, 5.41) is 4.02. The first-order valence-electron chi connectivity index (χ1n) is 8.17. The van der Waals surface area contributed by atoms with Crippen molar-refractivity contribution in [2.75, 3.05) is 5.43 Å². The van der Waals surface area contributed by atoms with Gasteiger partial charge in [0.2, 0.25) is 0 Å². The lowest BCUT2D eigenvalue weighted by Gasteiger charge is -2.11. The maximum Gasteiger partial charge on any atom is 0.418 e. The summed E-state index contributed by atoms with van der Waals surface area (Å²) in [5.41, 5.74) is 5.54. The number of alkyl halides is 3. The Morgan fingerprint density at radius 2 is 1.70 bits per heavy atom. The highest BCUT2D eigenvalue weighted by atomic mass is 127. The van der Waals surface area contributed by atoms with Gasteiger partial charge < -0.3 is 4.57 Å². The van der Waals surface area contributed by atoms with Crippen LogP contribution < -0.4 is 5.43 Å². The quantitative estimate of drug-likeness (QED) is 0.269. The van der Waals surface area contributed by atoms with Crippen molar-refractivity contribution in [3.05, 3.63) is 80.7 Å². The highest BCUT2D eigenvalue weighted by molar-refractivity contribution is 14.1. The Bertz CT molecular complexity index is 973. The molecule has 3 aromatic rings. The van der Waals surface area contributed by atoms with E-state index in [0.29, 0.717) is 0 Å². The van der Waals surface area contributed by atoms with Crippen LogP contribution in [0.1, 0.15) is 22.5 Å². The normalized spacial score (nSPS) is 11.9. The molecule has 0 aliphatic heterocycles. The van der Waals surface area contributed by atoms with E-state index in [2.05, 4.69) is 37.7 Å². The molecule has 1 heterocycles. The van der Waals surface area contributed by atoms with Crippen molar-refractivity contribution < 1.29 is 13.2 Å². The van der Waals surface area contributed by atoms with Crippen LogP contribution in [0.25, 0.3) is 5.69 Å². The van der Waals surface area contributed by atoms with E-state index < -0.39 is 11.7 Å². The van der Waals surface area contributed by atoms with Crippen molar-refractivity contribution >= 4 is 34.5 Å². The van der Waals surface area contributed by atoms with E-state index in [0.717, 1.165) is 32.3 Å². The first kappa shape index (κ1) is 19.5. The van der Waals surface area contributed by atoms with Crippen molar-refractivity contribution in [1.29, 1.82) is 0 Å². The summed E-state index contributed by atoms with van der Waals surface area (Å²) in [7, 11) is 0. The molecule has 0 fully saturated rings. The highest BCUT2D eigenvalue weighted by Gasteiger charge is 2.33. The number of anilines is 1. The Hall–Kier alpha value is -2.29. The van der Waals surface area contributed by atoms with Crippen molar-refractivity contribution in [3.8, 4) is 5.69 Å². The number of hydrogen-bond donors (Lipinski definition) is 1. The largest absolute Gasteiger partial charge is 0.418 e. The molecule has 7 heteroatoms. The molecule has 3 nitrogen and oxygen atoms in total. The zero-order chi connectivity index (χ0) is 19.6. The number of halogens is 4. The molecule has 0 spiro atoms. The Balaban J connectivity index is 1.86. The van der Waals surface area contributed by atoms with E-state index in [1.54, 1.807) is 6.21 Å². The molecule has 0 aliphatic rings. The summed E-state index contributed by atoms with van der Waals surface area (Å²) in [6, 6.07) is 15.3. The standard InChI is InChI=1S/C20H17F3IN3/c1-13-11-15(14(2)27(13)17-9-7-16(24)8-10-17)12-25-26-19-6-4-3-5-18(19)20(21,22)23/h3-12,26H,1-2H3/b25-12-. The summed E-state index contributed by atoms with van der Waals surface area (Å²) in [5.74, 6) is 0. The van der Waals surface area contributed by atoms with Crippen LogP contribution >= 0.6 is 22.6 Å². The average molecular weight is 483 g/mol. The minimum atomic E-state index is -4.43. The van der Waals surface area contributed by atoms with Gasteiger partial charge in [0, 0.05) is 26.2 Å². The van der Waals surface area contributed by atoms with Gasteiger partial charge in [0.15, 0.2) is 0 Å². The van der Waals surface area contributed by atoms with E-state index in [-0.39, 0.29) is 5.69 Å². The molecule has 0 atom stereocenters. The summed E-state index contributed by atoms with van der Waals surface area (Å²) in [6.45, 7) is 3.94. The van der Waals surface area contributed by atoms with Crippen LogP contribution in [-0.2, 0) is 6.18 Å². The average Bonchev–Trinajstić information content (AvgIpc) is 2.89. The lowest BCUT2D eigenvalue weighted by Crippen LogP contribution is -2.08. The fraction of sp³-hybridized carbons (Fsp3) is 0.150. The highest BCUT2D eigenvalue weighted by Crippen LogP contribution is 2.34. The van der Waals surface area contributed by atoms with Crippen molar-refractivity contribution in [2.45, 2.75) is 20.0 Å². The molecule has 0 amide bonds. The van der Waals surface area contributed by atoms with Gasteiger partial charge in [-0.05, 0) is 78.9 Å². The SMILES string of the molecule is Cc1cc(/C=N\Nc2ccccc2C(F)(F)F)c(C)n1-c1ccc(I)cc1. The van der Waals surface area contributed by atoms with E-state index in [9.17, 15) is 13.2 Å². The van der Waals surface area contributed by atoms with Gasteiger partial charge in [0.05, 0.1) is 17.5 Å². The molecule has 0 radical (unpaired) electrons. The third-order valence-corrected chi connectivity index (χ3v) is 4.90. The van der Waals surface area contributed by atoms with E-state index in [1.165, 1.54) is 18.2 Å². The van der Waals surface area contributed by atoms with Crippen LogP contribution in [-0.4, -0.2) is 10.8 Å². The first-order valence-corrected chi connectivity index (χ1v) is 9.25. The Morgan fingerprint density at radius 3 is 2.37 bits per heavy atom. The predicted octanol–water partition coefficient (Wildman–Crippen LogP) is 6.16. The Morgan fingerprint density at radius 1 is 1.04 bits per heavy atom. The molecule has 0 saturated carbocycles. The summed E-state index contributed by atoms with van der Waals surface area (Å²) >= 11 is 2.25. The number of rotatable bonds is 4. The molecular formula is C20H17F3IN3. The van der Waals surface area contributed by atoms with Crippen molar-refractivity contribution in [3.63, 3.8) is 0 Å². The van der Waals surface area contributed by atoms with E-state index in [1.807, 2.05) is 44.2 Å². The number of aryl methyl sites for hydroxylation is 1. The minimum Gasteiger partial charge on any atom is -0.318 e. The monoisotopic (exact) mass is 483 g/mol. The molecule has 0 bridgehead atoms. The number of benzene rings is 2. The van der Waals surface area contributed by atoms with Gasteiger partial charge in [-0.1, -0.05) is 12.1 Å². The van der Waals surface area contributed by atoms with Crippen LogP contribution in [0.2, 0.25) is 0 Å². The van der Waals surface area contributed by atoms with Gasteiger partial charge in [-0.15, -0.1) is 0 Å². The van der Waals surface area contributed by atoms with Crippen LogP contribution in [0.4, 0.5) is 18.9 Å². The number of aromatic nitrogens is 1. The second-order valence-electron chi connectivity index (χ2n) is 6.05. The van der Waals surface area contributed by atoms with Gasteiger partial charge in [0.25, 0.3) is 0 Å². The molecule has 2 aromatic carbocycles. The smallest absolute Gasteiger partial charge is 0.318 e. The van der Waals surface area contributed by atoms with Gasteiger partial charge in [0.1, 0.15) is 0 Å². The van der Waals surface area contributed by atoms with Crippen LogP contribution in [0.15, 0.2) is 59.7 Å². The zero-order valence-corrected chi connectivity index (χ0v) is 16.8. The fourth-order valence-corrected chi connectivity index (χ4v) is 3.26. The molecule has 1 aromatic heterocycles. The summed E-state index contributed by atoms with van der Waals surface area (Å²) < 4.78 is 42.3. The molecule has 0 aliphatic carbocycles. The lowest BCUT2D eigenvalue weighted by atomic mass is 10.2. The van der Waals surface area contributed by atoms with Gasteiger partial charge in [-0.25, -0.2) is 0 Å². The number of hydrazone groups is 1. The second-order valence-corrected chi connectivity index (χ2v) is 7.30. The van der Waals surface area contributed by atoms with Crippen molar-refractivity contribution in [1.82, 2.24) is 4.57 Å². The molecule has 140 valence electrons. The molecule has 27 heavy (non-hydrogen) atoms. The number of para-hydroxylation sites is 1. The van der Waals surface area contributed by atoms with Crippen molar-refractivity contribution in [2.24, 2.45) is 5.10 Å². The van der Waals surface area contributed by atoms with Crippen LogP contribution in [0, 0.1) is 17.4 Å². The fourth-order valence-electron chi connectivity index (χ4n) is 2.90. The topological polar surface area (TPSA) is 29.3 Å². The van der Waals surface area contributed by atoms with Crippen LogP contribution in [0.3, 0.4) is 0 Å². The van der Waals surface area contributed by atoms with E-state index >= 15 is 0 Å². The van der Waals surface area contributed by atoms with Crippen LogP contribution in [0.5, 0.6) is 0 Å². The molecule has 1 N–H and O–H groups in total. The van der Waals surface area contributed by atoms with Gasteiger partial charge in [-0.2, -0.15) is 18.3 Å². The number of nitrogens with zero attached hydrogens (tertiary/aromatic N) is 2. The molecule has 3 rings (SSSR count). The summed E-state index contributed by atoms with van der Waals surface area (Å²) in [4.78, 5) is 0. The van der Waals surface area contributed by atoms with Gasteiger partial charge >= 0.3 is 6.18 Å². The Labute approximate surface area is 169 Å². The molecule has 0 unspecified atom stereocenters. The van der Waals surface area contributed by atoms with E-state index in [4.69, 9.17) is 0 Å². The predicted molar refractivity (Wildman–Crippen MR) is 111 cm³/mol. The lowest BCUT2D eigenvalue weighted by molar-refractivity contribution is -0.136. The zero-order valence-electron chi connectivity index (χ0n) is 14.7. The Kier molecular flexibility index (Phi) is 5.59. The maximum absolute atomic E-state index is 13.0. The summed E-state index contributed by atoms with van der Waals surface area (Å²) in [6.07, 6.45) is -2.89. The first-order chi connectivity index (χ1) is 12.8. The molecule has 0 saturated heterocycles. The minimum absolute atomic E-state index is 0.0762. The molecular weight excluding hydrogens is 466 g/mol. The maximum atomic E-state index is 13.0. The second kappa shape index (κ2) is 7.75. The van der Waals surface area contributed by atoms with Gasteiger partial charge in [-0.3, -0.25) is 5.43 Å². The third kappa shape index (κ3) is 4.35. The number of hydrogen-bond acceptors (Lipinski definition) is 2. The number of nitrogens with one attached hydrogen (secondary N) is 1.